The molecule has 4 heteroatoms. The van der Waals surface area contributed by atoms with Crippen LogP contribution < -0.4 is 5.32 Å². The number of hydrogen-bond donors (Lipinski definition) is 1. The molecule has 0 saturated heterocycles. The fourth-order valence-electron chi connectivity index (χ4n) is 0.692. The van der Waals surface area contributed by atoms with Gasteiger partial charge < -0.3 is 5.32 Å². The molecule has 1 aromatic heterocycles. The molecule has 0 aliphatic heterocycles. The summed E-state index contributed by atoms with van der Waals surface area (Å²) in [5.41, 5.74) is 0. The average molecular weight is 190 g/mol. The molecule has 0 aliphatic carbocycles. The quantitative estimate of drug-likeness (QED) is 0.721. The molecule has 0 aromatic carbocycles. The Balaban J connectivity index is 3.07. The van der Waals surface area contributed by atoms with Crippen molar-refractivity contribution < 1.29 is 0 Å². The second-order valence-corrected chi connectivity index (χ2v) is 2.57. The molecule has 0 radical (unpaired) electrons. The lowest BCUT2D eigenvalue weighted by Gasteiger charge is -1.98. The molecule has 0 bridgehead atoms. The van der Waals surface area contributed by atoms with Gasteiger partial charge in [0.2, 0.25) is 0 Å². The Morgan fingerprint density at radius 1 is 1.78 bits per heavy atom. The van der Waals surface area contributed by atoms with Gasteiger partial charge in [-0.25, -0.2) is 0 Å². The van der Waals surface area contributed by atoms with Crippen LogP contribution in [0, 0.1) is 0 Å². The number of hydrogen-bond acceptors (Lipinski definition) is 2. The Labute approximate surface area is 62.2 Å². The summed E-state index contributed by atoms with van der Waals surface area (Å²) in [6.45, 7) is 0. The van der Waals surface area contributed by atoms with Crippen molar-refractivity contribution in [1.29, 1.82) is 0 Å². The van der Waals surface area contributed by atoms with Crippen LogP contribution in [0.15, 0.2) is 10.7 Å². The van der Waals surface area contributed by atoms with Gasteiger partial charge in [0.15, 0.2) is 0 Å². The molecular formula is C5H8BrN3. The summed E-state index contributed by atoms with van der Waals surface area (Å²) in [6, 6.07) is 0. The molecule has 0 fully saturated rings. The first-order chi connectivity index (χ1) is 4.25. The maximum atomic E-state index is 3.99. The SMILES string of the molecule is CNc1c(Br)cnn1C. The van der Waals surface area contributed by atoms with Crippen molar-refractivity contribution in [2.24, 2.45) is 7.05 Å². The molecule has 0 amide bonds. The molecule has 0 saturated carbocycles. The zero-order valence-corrected chi connectivity index (χ0v) is 6.94. The standard InChI is InChI=1S/C5H8BrN3/c1-7-5-4(6)3-8-9(5)2/h3,7H,1-2H3. The Morgan fingerprint density at radius 3 is 2.67 bits per heavy atom. The van der Waals surface area contributed by atoms with E-state index in [9.17, 15) is 0 Å². The second-order valence-electron chi connectivity index (χ2n) is 1.71. The van der Waals surface area contributed by atoms with E-state index in [4.69, 9.17) is 0 Å². The maximum absolute atomic E-state index is 3.99. The van der Waals surface area contributed by atoms with Gasteiger partial charge in [0.05, 0.1) is 10.7 Å². The average Bonchev–Trinajstić information content (AvgIpc) is 2.12. The smallest absolute Gasteiger partial charge is 0.138 e. The first kappa shape index (κ1) is 6.61. The Kier molecular flexibility index (Phi) is 1.75. The third-order valence-corrected chi connectivity index (χ3v) is 1.71. The minimum Gasteiger partial charge on any atom is -0.372 e. The third-order valence-electron chi connectivity index (χ3n) is 1.13. The molecule has 0 unspecified atom stereocenters. The van der Waals surface area contributed by atoms with Crippen molar-refractivity contribution in [2.45, 2.75) is 0 Å². The molecule has 1 heterocycles. The summed E-state index contributed by atoms with van der Waals surface area (Å²) in [7, 11) is 3.75. The number of anilines is 1. The van der Waals surface area contributed by atoms with Gasteiger partial charge >= 0.3 is 0 Å². The largest absolute Gasteiger partial charge is 0.372 e. The summed E-state index contributed by atoms with van der Waals surface area (Å²) in [5, 5.41) is 6.99. The molecule has 1 N–H and O–H groups in total. The van der Waals surface area contributed by atoms with Crippen LogP contribution in [0.5, 0.6) is 0 Å². The van der Waals surface area contributed by atoms with Gasteiger partial charge in [-0.2, -0.15) is 5.10 Å². The van der Waals surface area contributed by atoms with Gasteiger partial charge in [0.1, 0.15) is 5.82 Å². The van der Waals surface area contributed by atoms with Crippen LogP contribution in [0.3, 0.4) is 0 Å². The predicted molar refractivity (Wildman–Crippen MR) is 40.5 cm³/mol. The topological polar surface area (TPSA) is 29.9 Å². The molecule has 1 rings (SSSR count). The number of nitrogens with zero attached hydrogens (tertiary/aromatic N) is 2. The normalized spacial score (nSPS) is 9.67. The maximum Gasteiger partial charge on any atom is 0.138 e. The fraction of sp³-hybridized carbons (Fsp3) is 0.400. The van der Waals surface area contributed by atoms with Gasteiger partial charge in [-0.05, 0) is 15.9 Å². The van der Waals surface area contributed by atoms with Crippen LogP contribution in [0.2, 0.25) is 0 Å². The highest BCUT2D eigenvalue weighted by atomic mass is 79.9. The van der Waals surface area contributed by atoms with Crippen molar-refractivity contribution in [3.05, 3.63) is 10.7 Å². The predicted octanol–water partition coefficient (Wildman–Crippen LogP) is 1.22. The van der Waals surface area contributed by atoms with Crippen molar-refractivity contribution in [3.8, 4) is 0 Å². The van der Waals surface area contributed by atoms with E-state index in [1.54, 1.807) is 10.9 Å². The van der Waals surface area contributed by atoms with Gasteiger partial charge in [-0.3, -0.25) is 4.68 Å². The molecule has 50 valence electrons. The van der Waals surface area contributed by atoms with E-state index in [-0.39, 0.29) is 0 Å². The third kappa shape index (κ3) is 1.08. The number of rotatable bonds is 1. The number of halogens is 1. The van der Waals surface area contributed by atoms with Crippen LogP contribution in [-0.2, 0) is 7.05 Å². The summed E-state index contributed by atoms with van der Waals surface area (Å²) in [6.07, 6.45) is 1.76. The number of aromatic nitrogens is 2. The van der Waals surface area contributed by atoms with Crippen molar-refractivity contribution in [2.75, 3.05) is 12.4 Å². The summed E-state index contributed by atoms with van der Waals surface area (Å²) < 4.78 is 2.76. The molecule has 0 spiro atoms. The van der Waals surface area contributed by atoms with Gasteiger partial charge in [0.25, 0.3) is 0 Å². The van der Waals surface area contributed by atoms with Gasteiger partial charge in [-0.1, -0.05) is 0 Å². The molecule has 0 aliphatic rings. The molecular weight excluding hydrogens is 182 g/mol. The lowest BCUT2D eigenvalue weighted by atomic mass is 10.6. The first-order valence-electron chi connectivity index (χ1n) is 2.61. The number of aryl methyl sites for hydroxylation is 1. The van der Waals surface area contributed by atoms with Crippen molar-refractivity contribution in [1.82, 2.24) is 9.78 Å². The lowest BCUT2D eigenvalue weighted by molar-refractivity contribution is 0.774. The van der Waals surface area contributed by atoms with E-state index in [1.165, 1.54) is 0 Å². The van der Waals surface area contributed by atoms with E-state index in [0.717, 1.165) is 10.3 Å². The monoisotopic (exact) mass is 189 g/mol. The molecule has 0 atom stereocenters. The minimum atomic E-state index is 0.993. The summed E-state index contributed by atoms with van der Waals surface area (Å²) >= 11 is 3.33. The highest BCUT2D eigenvalue weighted by Gasteiger charge is 2.00. The van der Waals surface area contributed by atoms with E-state index < -0.39 is 0 Å². The Morgan fingerprint density at radius 2 is 2.44 bits per heavy atom. The lowest BCUT2D eigenvalue weighted by Crippen LogP contribution is -1.98. The van der Waals surface area contributed by atoms with E-state index in [1.807, 2.05) is 14.1 Å². The Hall–Kier alpha value is -0.510. The summed E-state index contributed by atoms with van der Waals surface area (Å²) in [4.78, 5) is 0. The molecule has 3 nitrogen and oxygen atoms in total. The van der Waals surface area contributed by atoms with Crippen LogP contribution in [0.1, 0.15) is 0 Å². The molecule has 1 aromatic rings. The van der Waals surface area contributed by atoms with Crippen LogP contribution in [-0.4, -0.2) is 16.8 Å². The van der Waals surface area contributed by atoms with E-state index in [2.05, 4.69) is 26.3 Å². The summed E-state index contributed by atoms with van der Waals surface area (Å²) in [5.74, 6) is 0.995. The Bertz CT molecular complexity index is 186. The highest BCUT2D eigenvalue weighted by molar-refractivity contribution is 9.10. The highest BCUT2D eigenvalue weighted by Crippen LogP contribution is 2.18. The van der Waals surface area contributed by atoms with E-state index >= 15 is 0 Å². The minimum absolute atomic E-state index is 0.993. The number of nitrogens with one attached hydrogen (secondary N) is 1. The zero-order valence-electron chi connectivity index (χ0n) is 5.35. The van der Waals surface area contributed by atoms with E-state index in [0.29, 0.717) is 0 Å². The van der Waals surface area contributed by atoms with Crippen molar-refractivity contribution in [3.63, 3.8) is 0 Å². The van der Waals surface area contributed by atoms with Gasteiger partial charge in [0, 0.05) is 14.1 Å². The van der Waals surface area contributed by atoms with Crippen molar-refractivity contribution >= 4 is 21.7 Å². The van der Waals surface area contributed by atoms with Crippen LogP contribution in [0.25, 0.3) is 0 Å². The van der Waals surface area contributed by atoms with Crippen LogP contribution in [0.4, 0.5) is 5.82 Å². The van der Waals surface area contributed by atoms with Crippen LogP contribution >= 0.6 is 15.9 Å². The van der Waals surface area contributed by atoms with Gasteiger partial charge in [-0.15, -0.1) is 0 Å². The second kappa shape index (κ2) is 2.39. The fourth-order valence-corrected chi connectivity index (χ4v) is 1.24. The molecule has 9 heavy (non-hydrogen) atoms. The first-order valence-corrected chi connectivity index (χ1v) is 3.40. The zero-order chi connectivity index (χ0) is 6.85.